The zero-order valence-electron chi connectivity index (χ0n) is 16.5. The van der Waals surface area contributed by atoms with Crippen molar-refractivity contribution in [3.05, 3.63) is 28.8 Å². The second kappa shape index (κ2) is 7.85. The van der Waals surface area contributed by atoms with Gasteiger partial charge in [-0.15, -0.1) is 0 Å². The fourth-order valence-electron chi connectivity index (χ4n) is 5.29. The summed E-state index contributed by atoms with van der Waals surface area (Å²) in [5.41, 5.74) is 1.29. The Bertz CT molecular complexity index is 904. The van der Waals surface area contributed by atoms with E-state index in [2.05, 4.69) is 19.8 Å². The largest absolute Gasteiger partial charge is 0.341 e. The van der Waals surface area contributed by atoms with Crippen molar-refractivity contribution in [1.29, 1.82) is 0 Å². The summed E-state index contributed by atoms with van der Waals surface area (Å²) in [6.07, 6.45) is 5.32. The minimum Gasteiger partial charge on any atom is -0.341 e. The summed E-state index contributed by atoms with van der Waals surface area (Å²) in [6, 6.07) is 3.83. The number of halogens is 2. The van der Waals surface area contributed by atoms with Gasteiger partial charge in [-0.1, -0.05) is 11.6 Å². The van der Waals surface area contributed by atoms with Gasteiger partial charge in [0.1, 0.15) is 17.2 Å². The van der Waals surface area contributed by atoms with Crippen LogP contribution in [0.5, 0.6) is 0 Å². The zero-order chi connectivity index (χ0) is 20.0. The quantitative estimate of drug-likeness (QED) is 0.809. The molecule has 2 unspecified atom stereocenters. The van der Waals surface area contributed by atoms with Crippen LogP contribution in [0.1, 0.15) is 37.9 Å². The number of piperidine rings is 1. The lowest BCUT2D eigenvalue weighted by molar-refractivity contribution is -0.133. The van der Waals surface area contributed by atoms with Gasteiger partial charge in [0.15, 0.2) is 0 Å². The van der Waals surface area contributed by atoms with Crippen molar-refractivity contribution in [3.63, 3.8) is 0 Å². The maximum Gasteiger partial charge on any atom is 0.222 e. The van der Waals surface area contributed by atoms with E-state index >= 15 is 0 Å². The number of nitrogens with one attached hydrogen (secondary N) is 1. The average molecular weight is 420 g/mol. The number of rotatable bonds is 5. The van der Waals surface area contributed by atoms with E-state index in [0.29, 0.717) is 40.5 Å². The molecule has 1 N–H and O–H groups in total. The van der Waals surface area contributed by atoms with Crippen LogP contribution in [0, 0.1) is 5.82 Å². The molecule has 0 aliphatic carbocycles. The Morgan fingerprint density at radius 2 is 1.97 bits per heavy atom. The lowest BCUT2D eigenvalue weighted by Gasteiger charge is -2.41. The molecule has 4 heterocycles. The Kier molecular flexibility index (Phi) is 5.22. The number of nitrogens with zero attached hydrogens (tertiary/aromatic N) is 4. The van der Waals surface area contributed by atoms with E-state index in [1.165, 1.54) is 25.0 Å². The number of aromatic amines is 1. The van der Waals surface area contributed by atoms with Crippen LogP contribution in [0.3, 0.4) is 0 Å². The molecule has 1 aromatic heterocycles. The molecule has 8 heteroatoms. The third-order valence-electron chi connectivity index (χ3n) is 6.69. The molecule has 3 aliphatic rings. The SMILES string of the molecule is O=C1CCCCN1CCN1C2CCC1CN(Cc1nc3c(Cl)cc(F)cc3[nH]1)C2. The smallest absolute Gasteiger partial charge is 0.222 e. The number of imidazole rings is 1. The number of amides is 1. The number of fused-ring (bicyclic) bond motifs is 3. The van der Waals surface area contributed by atoms with Gasteiger partial charge in [-0.05, 0) is 37.8 Å². The molecule has 3 saturated heterocycles. The van der Waals surface area contributed by atoms with Crippen LogP contribution in [-0.2, 0) is 11.3 Å². The highest BCUT2D eigenvalue weighted by Crippen LogP contribution is 2.31. The summed E-state index contributed by atoms with van der Waals surface area (Å²) < 4.78 is 13.6. The number of carbonyl (C=O) groups excluding carboxylic acids is 1. The first kappa shape index (κ1) is 19.3. The molecule has 2 atom stereocenters. The van der Waals surface area contributed by atoms with Crippen LogP contribution in [0.4, 0.5) is 4.39 Å². The topological polar surface area (TPSA) is 55.5 Å². The maximum atomic E-state index is 13.6. The minimum atomic E-state index is -0.350. The molecule has 1 amide bonds. The molecule has 5 rings (SSSR count). The predicted octanol–water partition coefficient (Wildman–Crippen LogP) is 3.02. The number of benzene rings is 1. The lowest BCUT2D eigenvalue weighted by Crippen LogP contribution is -2.55. The van der Waals surface area contributed by atoms with Crippen molar-refractivity contribution in [2.24, 2.45) is 0 Å². The van der Waals surface area contributed by atoms with Gasteiger partial charge in [-0.25, -0.2) is 9.37 Å². The van der Waals surface area contributed by atoms with Crippen molar-refractivity contribution in [2.75, 3.05) is 32.7 Å². The van der Waals surface area contributed by atoms with Gasteiger partial charge in [-0.2, -0.15) is 0 Å². The Morgan fingerprint density at radius 1 is 1.17 bits per heavy atom. The van der Waals surface area contributed by atoms with Gasteiger partial charge in [0.05, 0.1) is 17.1 Å². The number of piperazine rings is 1. The van der Waals surface area contributed by atoms with Crippen LogP contribution in [0.25, 0.3) is 11.0 Å². The van der Waals surface area contributed by atoms with Gasteiger partial charge in [-0.3, -0.25) is 14.6 Å². The van der Waals surface area contributed by atoms with Crippen molar-refractivity contribution < 1.29 is 9.18 Å². The fourth-order valence-corrected chi connectivity index (χ4v) is 5.53. The van der Waals surface area contributed by atoms with Crippen LogP contribution in [0.2, 0.25) is 5.02 Å². The monoisotopic (exact) mass is 419 g/mol. The van der Waals surface area contributed by atoms with Gasteiger partial charge >= 0.3 is 0 Å². The number of carbonyl (C=O) groups is 1. The number of hydrogen-bond acceptors (Lipinski definition) is 4. The Labute approximate surface area is 175 Å². The Hall–Kier alpha value is -1.70. The van der Waals surface area contributed by atoms with Crippen LogP contribution < -0.4 is 0 Å². The van der Waals surface area contributed by atoms with Gasteiger partial charge < -0.3 is 9.88 Å². The average Bonchev–Trinajstić information content (AvgIpc) is 3.18. The molecular weight excluding hydrogens is 393 g/mol. The van der Waals surface area contributed by atoms with Crippen LogP contribution in [-0.4, -0.2) is 75.4 Å². The summed E-state index contributed by atoms with van der Waals surface area (Å²) in [5, 5.41) is 0.347. The molecule has 2 aromatic rings. The molecule has 0 saturated carbocycles. The van der Waals surface area contributed by atoms with E-state index in [0.717, 1.165) is 57.9 Å². The van der Waals surface area contributed by atoms with Gasteiger partial charge in [0, 0.05) is 51.2 Å². The summed E-state index contributed by atoms with van der Waals surface area (Å²) >= 11 is 6.13. The lowest BCUT2D eigenvalue weighted by atomic mass is 10.1. The van der Waals surface area contributed by atoms with Crippen molar-refractivity contribution >= 4 is 28.5 Å². The highest BCUT2D eigenvalue weighted by Gasteiger charge is 2.40. The fraction of sp³-hybridized carbons (Fsp3) is 0.619. The van der Waals surface area contributed by atoms with E-state index in [1.54, 1.807) is 0 Å². The van der Waals surface area contributed by atoms with Gasteiger partial charge in [0.25, 0.3) is 0 Å². The molecule has 1 aromatic carbocycles. The molecule has 156 valence electrons. The first-order valence-corrected chi connectivity index (χ1v) is 11.0. The minimum absolute atomic E-state index is 0.321. The number of hydrogen-bond donors (Lipinski definition) is 1. The molecule has 2 bridgehead atoms. The molecular formula is C21H27ClFN5O. The van der Waals surface area contributed by atoms with Crippen molar-refractivity contribution in [2.45, 2.75) is 50.7 Å². The first-order valence-electron chi connectivity index (χ1n) is 10.7. The number of aromatic nitrogens is 2. The van der Waals surface area contributed by atoms with E-state index in [1.807, 2.05) is 4.90 Å². The van der Waals surface area contributed by atoms with E-state index in [-0.39, 0.29) is 5.82 Å². The van der Waals surface area contributed by atoms with E-state index in [4.69, 9.17) is 11.6 Å². The maximum absolute atomic E-state index is 13.6. The normalized spacial score (nSPS) is 26.0. The Balaban J connectivity index is 1.21. The standard InChI is InChI=1S/C21H27ClFN5O/c22-17-9-14(23)10-18-21(17)25-19(24-18)13-26-11-15-4-5-16(12-26)28(15)8-7-27-6-2-1-3-20(27)29/h9-10,15-16H,1-8,11-13H2,(H,24,25). The number of likely N-dealkylation sites (tertiary alicyclic amines) is 2. The third-order valence-corrected chi connectivity index (χ3v) is 6.97. The summed E-state index contributed by atoms with van der Waals surface area (Å²) in [7, 11) is 0. The second-order valence-electron chi connectivity index (χ2n) is 8.62. The molecule has 0 spiro atoms. The van der Waals surface area contributed by atoms with E-state index in [9.17, 15) is 9.18 Å². The van der Waals surface area contributed by atoms with Crippen LogP contribution in [0.15, 0.2) is 12.1 Å². The molecule has 0 radical (unpaired) electrons. The third kappa shape index (κ3) is 3.88. The summed E-state index contributed by atoms with van der Waals surface area (Å²) in [4.78, 5) is 27.0. The number of H-pyrrole nitrogens is 1. The van der Waals surface area contributed by atoms with Crippen molar-refractivity contribution in [3.8, 4) is 0 Å². The first-order chi connectivity index (χ1) is 14.1. The molecule has 3 aliphatic heterocycles. The highest BCUT2D eigenvalue weighted by atomic mass is 35.5. The second-order valence-corrected chi connectivity index (χ2v) is 9.03. The van der Waals surface area contributed by atoms with E-state index < -0.39 is 0 Å². The molecule has 3 fully saturated rings. The summed E-state index contributed by atoms with van der Waals surface area (Å²) in [5.74, 6) is 0.804. The Morgan fingerprint density at radius 3 is 2.72 bits per heavy atom. The summed E-state index contributed by atoms with van der Waals surface area (Å²) in [6.45, 7) is 5.49. The van der Waals surface area contributed by atoms with Crippen LogP contribution >= 0.6 is 11.6 Å². The van der Waals surface area contributed by atoms with Crippen molar-refractivity contribution in [1.82, 2.24) is 24.7 Å². The zero-order valence-corrected chi connectivity index (χ0v) is 17.3. The van der Waals surface area contributed by atoms with Gasteiger partial charge in [0.2, 0.25) is 5.91 Å². The highest BCUT2D eigenvalue weighted by molar-refractivity contribution is 6.34. The molecule has 6 nitrogen and oxygen atoms in total. The predicted molar refractivity (Wildman–Crippen MR) is 110 cm³/mol. The molecule has 29 heavy (non-hydrogen) atoms.